The van der Waals surface area contributed by atoms with Gasteiger partial charge in [-0.25, -0.2) is 0 Å². The number of nitrogens with zero attached hydrogens (tertiary/aromatic N) is 2. The highest BCUT2D eigenvalue weighted by Gasteiger charge is 2.08. The molecule has 0 bridgehead atoms. The van der Waals surface area contributed by atoms with Crippen molar-refractivity contribution in [2.45, 2.75) is 6.54 Å². The second-order valence-electron chi connectivity index (χ2n) is 4.27. The van der Waals surface area contributed by atoms with Crippen LogP contribution in [0.3, 0.4) is 0 Å². The lowest BCUT2D eigenvalue weighted by atomic mass is 10.2. The molecule has 3 aromatic rings. The quantitative estimate of drug-likeness (QED) is 0.717. The summed E-state index contributed by atoms with van der Waals surface area (Å²) in [6.45, 7) is 0.513. The van der Waals surface area contributed by atoms with Gasteiger partial charge in [0.05, 0.1) is 17.1 Å². The summed E-state index contributed by atoms with van der Waals surface area (Å²) in [7, 11) is 0. The molecular formula is C15H11ClN2O. The molecule has 3 nitrogen and oxygen atoms in total. The first-order valence-electron chi connectivity index (χ1n) is 5.94. The Bertz CT molecular complexity index is 781. The van der Waals surface area contributed by atoms with Gasteiger partial charge in [0, 0.05) is 12.3 Å². The van der Waals surface area contributed by atoms with Crippen molar-refractivity contribution in [2.75, 3.05) is 0 Å². The first-order chi connectivity index (χ1) is 9.25. The lowest BCUT2D eigenvalue weighted by molar-refractivity contribution is 0.793. The Morgan fingerprint density at radius 3 is 2.68 bits per heavy atom. The minimum atomic E-state index is -0.116. The lowest BCUT2D eigenvalue weighted by Crippen LogP contribution is -2.20. The first kappa shape index (κ1) is 11.9. The number of rotatable bonds is 2. The van der Waals surface area contributed by atoms with Gasteiger partial charge in [0.2, 0.25) is 0 Å². The molecule has 0 saturated heterocycles. The highest BCUT2D eigenvalue weighted by Crippen LogP contribution is 2.19. The maximum absolute atomic E-state index is 12.1. The normalized spacial score (nSPS) is 10.8. The number of hydrogen-bond donors (Lipinski definition) is 0. The van der Waals surface area contributed by atoms with E-state index < -0.39 is 0 Å². The summed E-state index contributed by atoms with van der Waals surface area (Å²) in [4.78, 5) is 16.3. The monoisotopic (exact) mass is 270 g/mol. The van der Waals surface area contributed by atoms with Gasteiger partial charge < -0.3 is 4.57 Å². The Morgan fingerprint density at radius 2 is 1.89 bits per heavy atom. The van der Waals surface area contributed by atoms with Crippen LogP contribution in [0.2, 0.25) is 5.02 Å². The third-order valence-electron chi connectivity index (χ3n) is 3.00. The summed E-state index contributed by atoms with van der Waals surface area (Å²) in [6, 6.07) is 14.9. The predicted octanol–water partition coefficient (Wildman–Crippen LogP) is 3.10. The molecule has 0 N–H and O–H groups in total. The van der Waals surface area contributed by atoms with Crippen molar-refractivity contribution >= 4 is 22.6 Å². The standard InChI is InChI=1S/C15H11ClN2O/c16-12-9-14(19)18(10-11-5-2-1-3-6-11)13-7-4-8-17-15(12)13/h1-9H,10H2. The molecule has 0 spiro atoms. The average molecular weight is 271 g/mol. The van der Waals surface area contributed by atoms with E-state index in [-0.39, 0.29) is 5.56 Å². The fraction of sp³-hybridized carbons (Fsp3) is 0.0667. The summed E-state index contributed by atoms with van der Waals surface area (Å²) < 4.78 is 1.68. The molecule has 4 heteroatoms. The van der Waals surface area contributed by atoms with Crippen molar-refractivity contribution in [3.63, 3.8) is 0 Å². The summed E-state index contributed by atoms with van der Waals surface area (Å²) in [5, 5.41) is 0.393. The zero-order valence-corrected chi connectivity index (χ0v) is 10.8. The van der Waals surface area contributed by atoms with Gasteiger partial charge in [-0.05, 0) is 17.7 Å². The second-order valence-corrected chi connectivity index (χ2v) is 4.68. The third kappa shape index (κ3) is 2.25. The topological polar surface area (TPSA) is 34.9 Å². The van der Waals surface area contributed by atoms with Gasteiger partial charge >= 0.3 is 0 Å². The summed E-state index contributed by atoms with van der Waals surface area (Å²) in [6.07, 6.45) is 1.67. The van der Waals surface area contributed by atoms with Crippen molar-refractivity contribution in [1.82, 2.24) is 9.55 Å². The summed E-state index contributed by atoms with van der Waals surface area (Å²) >= 11 is 6.06. The van der Waals surface area contributed by atoms with E-state index in [0.717, 1.165) is 11.1 Å². The molecule has 2 heterocycles. The predicted molar refractivity (Wildman–Crippen MR) is 76.6 cm³/mol. The number of pyridine rings is 2. The number of halogens is 1. The van der Waals surface area contributed by atoms with Crippen LogP contribution in [0.5, 0.6) is 0 Å². The van der Waals surface area contributed by atoms with Gasteiger partial charge in [-0.2, -0.15) is 0 Å². The minimum Gasteiger partial charge on any atom is -0.302 e. The summed E-state index contributed by atoms with van der Waals surface area (Å²) in [5.74, 6) is 0. The van der Waals surface area contributed by atoms with Crippen molar-refractivity contribution in [3.05, 3.63) is 75.7 Å². The van der Waals surface area contributed by atoms with Crippen LogP contribution in [0.25, 0.3) is 11.0 Å². The summed E-state index contributed by atoms with van der Waals surface area (Å²) in [5.41, 5.74) is 2.36. The van der Waals surface area contributed by atoms with E-state index >= 15 is 0 Å². The fourth-order valence-corrected chi connectivity index (χ4v) is 2.34. The molecule has 19 heavy (non-hydrogen) atoms. The maximum atomic E-state index is 12.1. The highest BCUT2D eigenvalue weighted by atomic mass is 35.5. The van der Waals surface area contributed by atoms with Crippen molar-refractivity contribution in [3.8, 4) is 0 Å². The van der Waals surface area contributed by atoms with E-state index in [2.05, 4.69) is 4.98 Å². The first-order valence-corrected chi connectivity index (χ1v) is 6.31. The van der Waals surface area contributed by atoms with Crippen LogP contribution in [0.15, 0.2) is 59.5 Å². The van der Waals surface area contributed by atoms with E-state index in [1.54, 1.807) is 16.8 Å². The highest BCUT2D eigenvalue weighted by molar-refractivity contribution is 6.34. The molecule has 0 atom stereocenters. The van der Waals surface area contributed by atoms with Crippen LogP contribution in [-0.2, 0) is 6.54 Å². The number of hydrogen-bond acceptors (Lipinski definition) is 2. The minimum absolute atomic E-state index is 0.116. The maximum Gasteiger partial charge on any atom is 0.252 e. The van der Waals surface area contributed by atoms with Gasteiger partial charge in [0.15, 0.2) is 0 Å². The average Bonchev–Trinajstić information content (AvgIpc) is 2.45. The molecule has 3 rings (SSSR count). The molecule has 0 radical (unpaired) electrons. The fourth-order valence-electron chi connectivity index (χ4n) is 2.10. The Labute approximate surface area is 115 Å². The van der Waals surface area contributed by atoms with E-state index in [0.29, 0.717) is 17.1 Å². The molecule has 0 aliphatic heterocycles. The molecule has 2 aromatic heterocycles. The largest absolute Gasteiger partial charge is 0.302 e. The van der Waals surface area contributed by atoms with Crippen molar-refractivity contribution in [1.29, 1.82) is 0 Å². The molecule has 0 saturated carbocycles. The van der Waals surface area contributed by atoms with Crippen LogP contribution in [-0.4, -0.2) is 9.55 Å². The van der Waals surface area contributed by atoms with Gasteiger partial charge in [-0.3, -0.25) is 9.78 Å². The van der Waals surface area contributed by atoms with Crippen LogP contribution in [0, 0.1) is 0 Å². The van der Waals surface area contributed by atoms with Crippen LogP contribution in [0.1, 0.15) is 5.56 Å². The van der Waals surface area contributed by atoms with Crippen molar-refractivity contribution in [2.24, 2.45) is 0 Å². The van der Waals surface area contributed by atoms with Crippen LogP contribution in [0.4, 0.5) is 0 Å². The SMILES string of the molecule is O=c1cc(Cl)c2ncccc2n1Cc1ccccc1. The molecule has 94 valence electrons. The molecule has 0 aliphatic rings. The lowest BCUT2D eigenvalue weighted by Gasteiger charge is -2.10. The molecular weight excluding hydrogens is 260 g/mol. The molecule has 0 aliphatic carbocycles. The smallest absolute Gasteiger partial charge is 0.252 e. The van der Waals surface area contributed by atoms with Gasteiger partial charge in [-0.15, -0.1) is 0 Å². The van der Waals surface area contributed by atoms with Crippen LogP contribution >= 0.6 is 11.6 Å². The van der Waals surface area contributed by atoms with Gasteiger partial charge in [-0.1, -0.05) is 41.9 Å². The van der Waals surface area contributed by atoms with E-state index in [1.165, 1.54) is 6.07 Å². The van der Waals surface area contributed by atoms with Gasteiger partial charge in [0.25, 0.3) is 5.56 Å². The zero-order chi connectivity index (χ0) is 13.2. The Kier molecular flexibility index (Phi) is 3.05. The Morgan fingerprint density at radius 1 is 1.11 bits per heavy atom. The number of aromatic nitrogens is 2. The zero-order valence-electron chi connectivity index (χ0n) is 10.1. The van der Waals surface area contributed by atoms with Gasteiger partial charge in [0.1, 0.15) is 5.52 Å². The Balaban J connectivity index is 2.21. The van der Waals surface area contributed by atoms with E-state index in [9.17, 15) is 4.79 Å². The molecule has 0 unspecified atom stereocenters. The molecule has 0 amide bonds. The number of fused-ring (bicyclic) bond motifs is 1. The Hall–Kier alpha value is -2.13. The van der Waals surface area contributed by atoms with Crippen molar-refractivity contribution < 1.29 is 0 Å². The van der Waals surface area contributed by atoms with E-state index in [4.69, 9.17) is 11.6 Å². The van der Waals surface area contributed by atoms with Crippen LogP contribution < -0.4 is 5.56 Å². The molecule has 1 aromatic carbocycles. The third-order valence-corrected chi connectivity index (χ3v) is 3.29. The number of benzene rings is 1. The second kappa shape index (κ2) is 4.86. The molecule has 0 fully saturated rings. The van der Waals surface area contributed by atoms with E-state index in [1.807, 2.05) is 36.4 Å².